The summed E-state index contributed by atoms with van der Waals surface area (Å²) in [4.78, 5) is 17.2. The number of likely N-dealkylation sites (tertiary alicyclic amines) is 2. The molecule has 1 N–H and O–H groups in total. The van der Waals surface area contributed by atoms with E-state index in [0.717, 1.165) is 71.5 Å². The molecule has 5 heteroatoms. The van der Waals surface area contributed by atoms with Crippen LogP contribution in [0, 0.1) is 11.3 Å². The Labute approximate surface area is 147 Å². The number of amides is 1. The normalized spacial score (nSPS) is 28.7. The third kappa shape index (κ3) is 4.50. The van der Waals surface area contributed by atoms with Crippen LogP contribution in [0.5, 0.6) is 0 Å². The van der Waals surface area contributed by atoms with Crippen molar-refractivity contribution < 1.29 is 14.6 Å². The largest absolute Gasteiger partial charge is 0.392 e. The average molecular weight is 341 g/mol. The van der Waals surface area contributed by atoms with E-state index in [1.807, 2.05) is 11.8 Å². The molecule has 0 bridgehead atoms. The van der Waals surface area contributed by atoms with Gasteiger partial charge in [-0.3, -0.25) is 4.79 Å². The first-order valence-electron chi connectivity index (χ1n) is 9.83. The van der Waals surface area contributed by atoms with E-state index >= 15 is 0 Å². The monoisotopic (exact) mass is 340 g/mol. The van der Waals surface area contributed by atoms with Crippen molar-refractivity contribution in [3.8, 4) is 0 Å². The van der Waals surface area contributed by atoms with E-state index in [9.17, 15) is 9.90 Å². The lowest BCUT2D eigenvalue weighted by Gasteiger charge is -2.51. The summed E-state index contributed by atoms with van der Waals surface area (Å²) >= 11 is 0. The molecule has 2 heterocycles. The number of nitrogens with zero attached hydrogens (tertiary/aromatic N) is 2. The van der Waals surface area contributed by atoms with Gasteiger partial charge in [-0.25, -0.2) is 0 Å². The van der Waals surface area contributed by atoms with Crippen molar-refractivity contribution in [2.75, 3.05) is 45.9 Å². The summed E-state index contributed by atoms with van der Waals surface area (Å²) in [5, 5.41) is 10.7. The standard InChI is InChI=1S/C19H36N2O3/c1-4-16(5-2)18(23)21-10-7-9-19(15-21)14-20(11-8-17(19)22)12-13-24-6-3/h16-17,22H,4-15H2,1-3H3/t17-,19-/m1/s1. The Balaban J connectivity index is 2.02. The summed E-state index contributed by atoms with van der Waals surface area (Å²) in [7, 11) is 0. The van der Waals surface area contributed by atoms with Gasteiger partial charge in [0.25, 0.3) is 0 Å². The zero-order valence-electron chi connectivity index (χ0n) is 15.8. The van der Waals surface area contributed by atoms with Crippen LogP contribution in [-0.4, -0.2) is 72.9 Å². The number of aliphatic hydroxyl groups excluding tert-OH is 1. The lowest BCUT2D eigenvalue weighted by molar-refractivity contribution is -0.146. The van der Waals surface area contributed by atoms with Crippen molar-refractivity contribution in [3.63, 3.8) is 0 Å². The van der Waals surface area contributed by atoms with E-state index in [1.54, 1.807) is 0 Å². The summed E-state index contributed by atoms with van der Waals surface area (Å²) < 4.78 is 5.49. The van der Waals surface area contributed by atoms with Gasteiger partial charge in [-0.05, 0) is 39.0 Å². The lowest BCUT2D eigenvalue weighted by Crippen LogP contribution is -2.60. The highest BCUT2D eigenvalue weighted by Crippen LogP contribution is 2.39. The average Bonchev–Trinajstić information content (AvgIpc) is 2.59. The van der Waals surface area contributed by atoms with E-state index in [1.165, 1.54) is 0 Å². The van der Waals surface area contributed by atoms with E-state index in [2.05, 4.69) is 18.7 Å². The molecule has 0 unspecified atom stereocenters. The van der Waals surface area contributed by atoms with Gasteiger partial charge >= 0.3 is 0 Å². The Morgan fingerprint density at radius 3 is 2.67 bits per heavy atom. The second kappa shape index (κ2) is 9.16. The molecule has 0 radical (unpaired) electrons. The van der Waals surface area contributed by atoms with Crippen LogP contribution in [0.2, 0.25) is 0 Å². The number of ether oxygens (including phenoxy) is 1. The molecule has 2 aliphatic rings. The van der Waals surface area contributed by atoms with Gasteiger partial charge in [-0.2, -0.15) is 0 Å². The fourth-order valence-corrected chi connectivity index (χ4v) is 4.42. The van der Waals surface area contributed by atoms with E-state index in [4.69, 9.17) is 4.74 Å². The second-order valence-electron chi connectivity index (χ2n) is 7.52. The molecule has 0 aliphatic carbocycles. The van der Waals surface area contributed by atoms with Crippen LogP contribution >= 0.6 is 0 Å². The van der Waals surface area contributed by atoms with Crippen molar-refractivity contribution >= 4 is 5.91 Å². The molecule has 0 aromatic carbocycles. The fraction of sp³-hybridized carbons (Fsp3) is 0.947. The number of carbonyl (C=O) groups excluding carboxylic acids is 1. The molecular formula is C19H36N2O3. The number of carbonyl (C=O) groups is 1. The molecule has 2 saturated heterocycles. The smallest absolute Gasteiger partial charge is 0.225 e. The van der Waals surface area contributed by atoms with Gasteiger partial charge in [0.2, 0.25) is 5.91 Å². The van der Waals surface area contributed by atoms with Crippen LogP contribution in [0.25, 0.3) is 0 Å². The van der Waals surface area contributed by atoms with Crippen LogP contribution in [0.3, 0.4) is 0 Å². The topological polar surface area (TPSA) is 53.0 Å². The number of aliphatic hydroxyl groups is 1. The van der Waals surface area contributed by atoms with Crippen molar-refractivity contribution in [1.29, 1.82) is 0 Å². The minimum atomic E-state index is -0.293. The first-order valence-corrected chi connectivity index (χ1v) is 9.83. The molecule has 0 saturated carbocycles. The third-order valence-electron chi connectivity index (χ3n) is 5.98. The maximum Gasteiger partial charge on any atom is 0.225 e. The highest BCUT2D eigenvalue weighted by molar-refractivity contribution is 5.79. The molecule has 1 spiro atoms. The van der Waals surface area contributed by atoms with Crippen LogP contribution in [-0.2, 0) is 9.53 Å². The zero-order chi connectivity index (χ0) is 17.6. The maximum absolute atomic E-state index is 12.8. The van der Waals surface area contributed by atoms with Gasteiger partial charge in [-0.1, -0.05) is 13.8 Å². The number of piperidine rings is 2. The molecule has 0 aromatic rings. The maximum atomic E-state index is 12.8. The molecule has 5 nitrogen and oxygen atoms in total. The SMILES string of the molecule is CCOCCN1CC[C@@H](O)[C@]2(CCCN(C(=O)C(CC)CC)C2)C1. The summed E-state index contributed by atoms with van der Waals surface area (Å²) in [6.07, 6.45) is 4.34. The Bertz CT molecular complexity index is 400. The molecular weight excluding hydrogens is 304 g/mol. The molecule has 24 heavy (non-hydrogen) atoms. The predicted molar refractivity (Wildman–Crippen MR) is 95.9 cm³/mol. The molecule has 2 fully saturated rings. The Morgan fingerprint density at radius 2 is 2.00 bits per heavy atom. The second-order valence-corrected chi connectivity index (χ2v) is 7.52. The van der Waals surface area contributed by atoms with Gasteiger partial charge in [0.15, 0.2) is 0 Å². The predicted octanol–water partition coefficient (Wildman–Crippen LogP) is 2.13. The first kappa shape index (κ1) is 19.7. The van der Waals surface area contributed by atoms with Gasteiger partial charge < -0.3 is 19.6 Å². The van der Waals surface area contributed by atoms with Gasteiger partial charge in [0.05, 0.1) is 12.7 Å². The summed E-state index contributed by atoms with van der Waals surface area (Å²) in [5.74, 6) is 0.424. The minimum absolute atomic E-state index is 0.134. The first-order chi connectivity index (χ1) is 11.6. The summed E-state index contributed by atoms with van der Waals surface area (Å²) in [5.41, 5.74) is -0.148. The van der Waals surface area contributed by atoms with Crippen LogP contribution in [0.15, 0.2) is 0 Å². The summed E-state index contributed by atoms with van der Waals surface area (Å²) in [6, 6.07) is 0. The number of rotatable bonds is 7. The van der Waals surface area contributed by atoms with Crippen molar-refractivity contribution in [1.82, 2.24) is 9.80 Å². The number of hydrogen-bond acceptors (Lipinski definition) is 4. The van der Waals surface area contributed by atoms with Gasteiger partial charge in [-0.15, -0.1) is 0 Å². The molecule has 140 valence electrons. The highest BCUT2D eigenvalue weighted by atomic mass is 16.5. The third-order valence-corrected chi connectivity index (χ3v) is 5.98. The highest BCUT2D eigenvalue weighted by Gasteiger charge is 2.46. The Morgan fingerprint density at radius 1 is 1.25 bits per heavy atom. The number of hydrogen-bond donors (Lipinski definition) is 1. The molecule has 1 amide bonds. The van der Waals surface area contributed by atoms with Crippen LogP contribution < -0.4 is 0 Å². The Kier molecular flexibility index (Phi) is 7.51. The summed E-state index contributed by atoms with van der Waals surface area (Å²) in [6.45, 7) is 12.0. The zero-order valence-corrected chi connectivity index (χ0v) is 15.8. The van der Waals surface area contributed by atoms with Crippen LogP contribution in [0.1, 0.15) is 52.9 Å². The van der Waals surface area contributed by atoms with Gasteiger partial charge in [0, 0.05) is 50.7 Å². The van der Waals surface area contributed by atoms with E-state index in [-0.39, 0.29) is 23.3 Å². The minimum Gasteiger partial charge on any atom is -0.392 e. The van der Waals surface area contributed by atoms with Crippen molar-refractivity contribution in [3.05, 3.63) is 0 Å². The van der Waals surface area contributed by atoms with Crippen molar-refractivity contribution in [2.24, 2.45) is 11.3 Å². The van der Waals surface area contributed by atoms with Crippen molar-refractivity contribution in [2.45, 2.75) is 59.0 Å². The fourth-order valence-electron chi connectivity index (χ4n) is 4.42. The quantitative estimate of drug-likeness (QED) is 0.722. The Hall–Kier alpha value is -0.650. The van der Waals surface area contributed by atoms with Gasteiger partial charge in [0.1, 0.15) is 0 Å². The lowest BCUT2D eigenvalue weighted by atomic mass is 9.71. The molecule has 2 rings (SSSR count). The van der Waals surface area contributed by atoms with Crippen LogP contribution in [0.4, 0.5) is 0 Å². The van der Waals surface area contributed by atoms with E-state index in [0.29, 0.717) is 6.54 Å². The van der Waals surface area contributed by atoms with E-state index < -0.39 is 0 Å². The molecule has 2 atom stereocenters. The molecule has 0 aromatic heterocycles. The molecule has 2 aliphatic heterocycles.